The molecule has 26 heavy (non-hydrogen) atoms. The number of piperidine rings is 1. The zero-order chi connectivity index (χ0) is 18.1. The maximum atomic E-state index is 13.1. The third-order valence-corrected chi connectivity index (χ3v) is 5.30. The van der Waals surface area contributed by atoms with Gasteiger partial charge in [-0.2, -0.15) is 4.98 Å². The number of carbonyl (C=O) groups excluding carboxylic acids is 2. The molecule has 0 spiro atoms. The van der Waals surface area contributed by atoms with Crippen molar-refractivity contribution in [2.45, 2.75) is 38.3 Å². The summed E-state index contributed by atoms with van der Waals surface area (Å²) in [5, 5.41) is 10.1. The molecule has 4 heterocycles. The van der Waals surface area contributed by atoms with E-state index in [1.165, 1.54) is 11.2 Å². The Morgan fingerprint density at radius 1 is 1.35 bits per heavy atom. The average molecular weight is 359 g/mol. The molecule has 4 rings (SSSR count). The minimum Gasteiger partial charge on any atom is -0.461 e. The fourth-order valence-electron chi connectivity index (χ4n) is 3.87. The molecule has 0 radical (unpaired) electrons. The average Bonchev–Trinajstić information content (AvgIpc) is 3.39. The van der Waals surface area contributed by atoms with Crippen molar-refractivity contribution in [1.82, 2.24) is 25.7 Å². The van der Waals surface area contributed by atoms with Crippen LogP contribution in [0.1, 0.15) is 32.1 Å². The fraction of sp³-hybridized carbons (Fsp3) is 0.529. The highest BCUT2D eigenvalue weighted by molar-refractivity contribution is 6.07. The summed E-state index contributed by atoms with van der Waals surface area (Å²) < 4.78 is 10.4. The number of nitrogens with one attached hydrogen (secondary N) is 2. The zero-order valence-electron chi connectivity index (χ0n) is 14.5. The third-order valence-electron chi connectivity index (χ3n) is 5.30. The van der Waals surface area contributed by atoms with E-state index in [4.69, 9.17) is 8.94 Å². The number of hydrogen-bond donors (Lipinski definition) is 2. The van der Waals surface area contributed by atoms with Crippen molar-refractivity contribution in [3.8, 4) is 11.6 Å². The van der Waals surface area contributed by atoms with Crippen LogP contribution in [0, 0.1) is 5.92 Å². The first-order valence-corrected chi connectivity index (χ1v) is 8.85. The molecule has 1 atom stereocenters. The second-order valence-electron chi connectivity index (χ2n) is 6.66. The summed E-state index contributed by atoms with van der Waals surface area (Å²) in [5.41, 5.74) is -0.844. The minimum atomic E-state index is -0.844. The Morgan fingerprint density at radius 2 is 2.15 bits per heavy atom. The summed E-state index contributed by atoms with van der Waals surface area (Å²) >= 11 is 0. The van der Waals surface area contributed by atoms with Gasteiger partial charge in [-0.15, -0.1) is 0 Å². The van der Waals surface area contributed by atoms with Gasteiger partial charge in [-0.25, -0.2) is 4.79 Å². The van der Waals surface area contributed by atoms with E-state index in [1.807, 2.05) is 6.92 Å². The summed E-state index contributed by atoms with van der Waals surface area (Å²) in [6.45, 7) is 3.59. The van der Waals surface area contributed by atoms with E-state index in [0.717, 1.165) is 25.9 Å². The molecule has 2 aliphatic heterocycles. The highest BCUT2D eigenvalue weighted by Gasteiger charge is 2.54. The molecule has 138 valence electrons. The monoisotopic (exact) mass is 359 g/mol. The van der Waals surface area contributed by atoms with Gasteiger partial charge in [-0.3, -0.25) is 9.69 Å². The normalized spacial score (nSPS) is 24.3. The van der Waals surface area contributed by atoms with Crippen LogP contribution in [0.3, 0.4) is 0 Å². The van der Waals surface area contributed by atoms with Crippen molar-refractivity contribution in [3.05, 3.63) is 24.3 Å². The van der Waals surface area contributed by atoms with Crippen LogP contribution in [0.2, 0.25) is 0 Å². The van der Waals surface area contributed by atoms with E-state index >= 15 is 0 Å². The Labute approximate surface area is 150 Å². The van der Waals surface area contributed by atoms with Crippen molar-refractivity contribution in [2.24, 2.45) is 5.92 Å². The van der Waals surface area contributed by atoms with Crippen molar-refractivity contribution in [1.29, 1.82) is 0 Å². The first kappa shape index (κ1) is 16.8. The van der Waals surface area contributed by atoms with Crippen molar-refractivity contribution >= 4 is 11.9 Å². The van der Waals surface area contributed by atoms with Crippen LogP contribution in [0.5, 0.6) is 0 Å². The number of furan rings is 1. The number of carbonyl (C=O) groups is 2. The molecule has 0 saturated carbocycles. The number of nitrogens with zero attached hydrogens (tertiary/aromatic N) is 3. The van der Waals surface area contributed by atoms with Gasteiger partial charge in [-0.1, -0.05) is 12.1 Å². The SMILES string of the molecule is CC[C@]1(C2CCNCC2)NC(=O)N(Cc2nc(-c3ccco3)no2)C1=O. The first-order chi connectivity index (χ1) is 12.6. The molecule has 9 nitrogen and oxygen atoms in total. The van der Waals surface area contributed by atoms with E-state index in [-0.39, 0.29) is 30.1 Å². The van der Waals surface area contributed by atoms with Crippen LogP contribution < -0.4 is 10.6 Å². The molecule has 2 aromatic rings. The molecular formula is C17H21N5O4. The van der Waals surface area contributed by atoms with Gasteiger partial charge < -0.3 is 19.6 Å². The Morgan fingerprint density at radius 3 is 2.85 bits per heavy atom. The van der Waals surface area contributed by atoms with Crippen LogP contribution in [-0.4, -0.2) is 45.6 Å². The number of aromatic nitrogens is 2. The topological polar surface area (TPSA) is 114 Å². The maximum absolute atomic E-state index is 13.1. The summed E-state index contributed by atoms with van der Waals surface area (Å²) in [4.78, 5) is 31.0. The molecule has 2 N–H and O–H groups in total. The molecule has 3 amide bonds. The molecule has 2 saturated heterocycles. The number of rotatable bonds is 5. The second-order valence-corrected chi connectivity index (χ2v) is 6.66. The van der Waals surface area contributed by atoms with Gasteiger partial charge in [0.2, 0.25) is 11.7 Å². The fourth-order valence-corrected chi connectivity index (χ4v) is 3.87. The Bertz CT molecular complexity index is 796. The number of urea groups is 1. The van der Waals surface area contributed by atoms with Crippen molar-refractivity contribution in [3.63, 3.8) is 0 Å². The van der Waals surface area contributed by atoms with Crippen LogP contribution >= 0.6 is 0 Å². The lowest BCUT2D eigenvalue weighted by atomic mass is 9.76. The van der Waals surface area contributed by atoms with Gasteiger partial charge in [0.25, 0.3) is 5.91 Å². The lowest BCUT2D eigenvalue weighted by Gasteiger charge is -2.37. The standard InChI is InChI=1S/C17H21N5O4/c1-2-17(11-5-7-18-8-6-11)15(23)22(16(24)20-17)10-13-19-14(21-26-13)12-4-3-9-25-12/h3-4,9,11,18H,2,5-8,10H2,1H3,(H,20,24)/t17-/m1/s1. The van der Waals surface area contributed by atoms with E-state index < -0.39 is 11.6 Å². The predicted octanol–water partition coefficient (Wildman–Crippen LogP) is 1.53. The van der Waals surface area contributed by atoms with Crippen LogP contribution in [0.25, 0.3) is 11.6 Å². The van der Waals surface area contributed by atoms with Gasteiger partial charge in [0.05, 0.1) is 6.26 Å². The summed E-state index contributed by atoms with van der Waals surface area (Å²) in [7, 11) is 0. The number of amides is 3. The van der Waals surface area contributed by atoms with E-state index in [2.05, 4.69) is 20.8 Å². The summed E-state index contributed by atoms with van der Waals surface area (Å²) in [6.07, 6.45) is 3.78. The van der Waals surface area contributed by atoms with Gasteiger partial charge >= 0.3 is 6.03 Å². The molecule has 9 heteroatoms. The van der Waals surface area contributed by atoms with Crippen molar-refractivity contribution in [2.75, 3.05) is 13.1 Å². The van der Waals surface area contributed by atoms with Gasteiger partial charge in [-0.05, 0) is 50.4 Å². The molecule has 2 fully saturated rings. The lowest BCUT2D eigenvalue weighted by molar-refractivity contribution is -0.134. The smallest absolute Gasteiger partial charge is 0.325 e. The highest BCUT2D eigenvalue weighted by atomic mass is 16.5. The van der Waals surface area contributed by atoms with Gasteiger partial charge in [0, 0.05) is 0 Å². The molecule has 2 aromatic heterocycles. The largest absolute Gasteiger partial charge is 0.461 e. The Hall–Kier alpha value is -2.68. The van der Waals surface area contributed by atoms with Crippen LogP contribution in [0.4, 0.5) is 4.79 Å². The molecular weight excluding hydrogens is 338 g/mol. The molecule has 0 bridgehead atoms. The summed E-state index contributed by atoms with van der Waals surface area (Å²) in [6, 6.07) is 3.02. The van der Waals surface area contributed by atoms with E-state index in [0.29, 0.717) is 12.2 Å². The second kappa shape index (κ2) is 6.56. The highest BCUT2D eigenvalue weighted by Crippen LogP contribution is 2.35. The summed E-state index contributed by atoms with van der Waals surface area (Å²) in [5.74, 6) is 0.857. The van der Waals surface area contributed by atoms with Crippen LogP contribution in [0.15, 0.2) is 27.3 Å². The Balaban J connectivity index is 1.54. The number of hydrogen-bond acceptors (Lipinski definition) is 7. The quantitative estimate of drug-likeness (QED) is 0.778. The third kappa shape index (κ3) is 2.68. The molecule has 0 aliphatic carbocycles. The molecule has 2 aliphatic rings. The van der Waals surface area contributed by atoms with E-state index in [1.54, 1.807) is 12.1 Å². The van der Waals surface area contributed by atoms with E-state index in [9.17, 15) is 9.59 Å². The van der Waals surface area contributed by atoms with Crippen molar-refractivity contribution < 1.29 is 18.5 Å². The molecule has 0 aromatic carbocycles. The minimum absolute atomic E-state index is 0.0505. The number of imide groups is 1. The molecule has 0 unspecified atom stereocenters. The maximum Gasteiger partial charge on any atom is 0.325 e. The Kier molecular flexibility index (Phi) is 4.23. The van der Waals surface area contributed by atoms with Gasteiger partial charge in [0.1, 0.15) is 12.1 Å². The lowest BCUT2D eigenvalue weighted by Crippen LogP contribution is -2.55. The predicted molar refractivity (Wildman–Crippen MR) is 89.7 cm³/mol. The zero-order valence-corrected chi connectivity index (χ0v) is 14.5. The van der Waals surface area contributed by atoms with Crippen LogP contribution in [-0.2, 0) is 11.3 Å². The first-order valence-electron chi connectivity index (χ1n) is 8.85. The van der Waals surface area contributed by atoms with Gasteiger partial charge in [0.15, 0.2) is 5.76 Å².